The highest BCUT2D eigenvalue weighted by molar-refractivity contribution is 7.10. The second-order valence-corrected chi connectivity index (χ2v) is 4.99. The smallest absolute Gasteiger partial charge is 0.318 e. The third-order valence-electron chi connectivity index (χ3n) is 3.03. The van der Waals surface area contributed by atoms with Crippen LogP contribution in [0.4, 0.5) is 0 Å². The molecule has 0 aliphatic carbocycles. The quantitative estimate of drug-likeness (QED) is 0.714. The van der Waals surface area contributed by atoms with Crippen molar-refractivity contribution in [3.05, 3.63) is 22.4 Å². The zero-order valence-electron chi connectivity index (χ0n) is 9.03. The van der Waals surface area contributed by atoms with Crippen LogP contribution in [0.15, 0.2) is 17.5 Å². The lowest BCUT2D eigenvalue weighted by molar-refractivity contribution is -0.147. The molecular weight excluding hydrogens is 210 g/mol. The summed E-state index contributed by atoms with van der Waals surface area (Å²) >= 11 is 1.64. The van der Waals surface area contributed by atoms with E-state index in [2.05, 4.69) is 4.90 Å². The van der Waals surface area contributed by atoms with Crippen LogP contribution in [0.2, 0.25) is 0 Å². The minimum Gasteiger partial charge on any atom is -0.468 e. The number of thiophene rings is 1. The molecule has 1 fully saturated rings. The fourth-order valence-electron chi connectivity index (χ4n) is 2.22. The summed E-state index contributed by atoms with van der Waals surface area (Å²) in [5.74, 6) is -0.102. The first-order chi connectivity index (χ1) is 7.19. The standard InChI is InChI=1S/C11H15NO2S/c1-12-6-5-11(8-12,10(13)14-2)9-4-3-7-15-9/h3-4,7H,5-6,8H2,1-2H3. The first-order valence-electron chi connectivity index (χ1n) is 5.00. The Hall–Kier alpha value is -0.870. The summed E-state index contributed by atoms with van der Waals surface area (Å²) in [6, 6.07) is 4.02. The van der Waals surface area contributed by atoms with Crippen LogP contribution in [0.3, 0.4) is 0 Å². The Balaban J connectivity index is 2.36. The van der Waals surface area contributed by atoms with Gasteiger partial charge in [0, 0.05) is 11.4 Å². The largest absolute Gasteiger partial charge is 0.468 e. The summed E-state index contributed by atoms with van der Waals surface area (Å²) in [7, 11) is 3.51. The molecule has 0 aromatic carbocycles. The van der Waals surface area contributed by atoms with Gasteiger partial charge in [-0.15, -0.1) is 11.3 Å². The summed E-state index contributed by atoms with van der Waals surface area (Å²) in [4.78, 5) is 15.2. The van der Waals surface area contributed by atoms with Gasteiger partial charge in [0.15, 0.2) is 0 Å². The number of nitrogens with zero attached hydrogens (tertiary/aromatic N) is 1. The van der Waals surface area contributed by atoms with E-state index in [-0.39, 0.29) is 5.97 Å². The highest BCUT2D eigenvalue weighted by atomic mass is 32.1. The van der Waals surface area contributed by atoms with Crippen molar-refractivity contribution in [3.63, 3.8) is 0 Å². The second kappa shape index (κ2) is 3.94. The Kier molecular flexibility index (Phi) is 2.80. The number of carbonyl (C=O) groups excluding carboxylic acids is 1. The number of likely N-dealkylation sites (N-methyl/N-ethyl adjacent to an activating group) is 1. The highest BCUT2D eigenvalue weighted by Gasteiger charge is 2.46. The number of esters is 1. The van der Waals surface area contributed by atoms with Crippen molar-refractivity contribution in [3.8, 4) is 0 Å². The Morgan fingerprint density at radius 1 is 1.67 bits per heavy atom. The van der Waals surface area contributed by atoms with Crippen molar-refractivity contribution >= 4 is 17.3 Å². The van der Waals surface area contributed by atoms with Crippen LogP contribution < -0.4 is 0 Å². The Bertz CT molecular complexity index is 349. The number of methoxy groups -OCH3 is 1. The summed E-state index contributed by atoms with van der Waals surface area (Å²) in [6.07, 6.45) is 0.858. The fraction of sp³-hybridized carbons (Fsp3) is 0.545. The predicted molar refractivity (Wildman–Crippen MR) is 60.1 cm³/mol. The SMILES string of the molecule is COC(=O)C1(c2cccs2)CCN(C)C1. The van der Waals surface area contributed by atoms with Gasteiger partial charge in [0.05, 0.1) is 7.11 Å². The molecule has 2 rings (SSSR count). The normalized spacial score (nSPS) is 26.8. The van der Waals surface area contributed by atoms with E-state index >= 15 is 0 Å². The summed E-state index contributed by atoms with van der Waals surface area (Å²) < 4.78 is 4.95. The molecule has 15 heavy (non-hydrogen) atoms. The number of hydrogen-bond acceptors (Lipinski definition) is 4. The van der Waals surface area contributed by atoms with Crippen molar-refractivity contribution < 1.29 is 9.53 Å². The van der Waals surface area contributed by atoms with E-state index in [1.54, 1.807) is 11.3 Å². The lowest BCUT2D eigenvalue weighted by Gasteiger charge is -2.24. The van der Waals surface area contributed by atoms with Crippen molar-refractivity contribution in [1.29, 1.82) is 0 Å². The maximum atomic E-state index is 11.9. The molecule has 0 bridgehead atoms. The molecule has 0 amide bonds. The summed E-state index contributed by atoms with van der Waals surface area (Å²) in [5, 5.41) is 2.01. The van der Waals surface area contributed by atoms with Crippen molar-refractivity contribution in [2.75, 3.05) is 27.2 Å². The van der Waals surface area contributed by atoms with E-state index in [4.69, 9.17) is 4.74 Å². The molecule has 1 aromatic rings. The molecule has 3 nitrogen and oxygen atoms in total. The fourth-order valence-corrected chi connectivity index (χ4v) is 3.15. The lowest BCUT2D eigenvalue weighted by Crippen LogP contribution is -2.38. The van der Waals surface area contributed by atoms with Crippen LogP contribution in [0, 0.1) is 0 Å². The van der Waals surface area contributed by atoms with Crippen molar-refractivity contribution in [2.45, 2.75) is 11.8 Å². The molecule has 1 aromatic heterocycles. The molecule has 82 valence electrons. The minimum absolute atomic E-state index is 0.102. The van der Waals surface area contributed by atoms with Gasteiger partial charge in [0.2, 0.25) is 0 Å². The van der Waals surface area contributed by atoms with Gasteiger partial charge in [-0.05, 0) is 31.5 Å². The van der Waals surface area contributed by atoms with Crippen LogP contribution in [0.25, 0.3) is 0 Å². The maximum Gasteiger partial charge on any atom is 0.318 e. The summed E-state index contributed by atoms with van der Waals surface area (Å²) in [6.45, 7) is 1.72. The minimum atomic E-state index is -0.419. The molecule has 0 spiro atoms. The maximum absolute atomic E-state index is 11.9. The molecule has 1 saturated heterocycles. The highest BCUT2D eigenvalue weighted by Crippen LogP contribution is 2.37. The third kappa shape index (κ3) is 1.68. The van der Waals surface area contributed by atoms with Crippen molar-refractivity contribution in [1.82, 2.24) is 4.90 Å². The topological polar surface area (TPSA) is 29.5 Å². The molecule has 0 radical (unpaired) electrons. The Labute approximate surface area is 93.7 Å². The van der Waals surface area contributed by atoms with E-state index in [9.17, 15) is 4.79 Å². The predicted octanol–water partition coefficient (Wildman–Crippen LogP) is 1.49. The monoisotopic (exact) mass is 225 g/mol. The zero-order chi connectivity index (χ0) is 10.9. The molecule has 1 aliphatic heterocycles. The molecular formula is C11H15NO2S. The van der Waals surface area contributed by atoms with E-state index in [0.29, 0.717) is 0 Å². The van der Waals surface area contributed by atoms with Crippen LogP contribution in [-0.2, 0) is 14.9 Å². The van der Waals surface area contributed by atoms with E-state index in [0.717, 1.165) is 24.4 Å². The zero-order valence-corrected chi connectivity index (χ0v) is 9.84. The molecule has 1 aliphatic rings. The number of hydrogen-bond donors (Lipinski definition) is 0. The van der Waals surface area contributed by atoms with Gasteiger partial charge in [0.25, 0.3) is 0 Å². The first kappa shape index (κ1) is 10.6. The van der Waals surface area contributed by atoms with Gasteiger partial charge < -0.3 is 9.64 Å². The Morgan fingerprint density at radius 3 is 2.93 bits per heavy atom. The van der Waals surface area contributed by atoms with Crippen LogP contribution in [0.5, 0.6) is 0 Å². The average molecular weight is 225 g/mol. The van der Waals surface area contributed by atoms with Gasteiger partial charge >= 0.3 is 5.97 Å². The van der Waals surface area contributed by atoms with Gasteiger partial charge in [-0.1, -0.05) is 6.07 Å². The van der Waals surface area contributed by atoms with Crippen LogP contribution in [-0.4, -0.2) is 38.1 Å². The lowest BCUT2D eigenvalue weighted by atomic mass is 9.85. The summed E-state index contributed by atoms with van der Waals surface area (Å²) in [5.41, 5.74) is -0.419. The van der Waals surface area contributed by atoms with Crippen molar-refractivity contribution in [2.24, 2.45) is 0 Å². The molecule has 0 saturated carbocycles. The van der Waals surface area contributed by atoms with E-state index in [1.165, 1.54) is 7.11 Å². The number of rotatable bonds is 2. The second-order valence-electron chi connectivity index (χ2n) is 4.04. The molecule has 4 heteroatoms. The van der Waals surface area contributed by atoms with Gasteiger partial charge in [-0.2, -0.15) is 0 Å². The number of likely N-dealkylation sites (tertiary alicyclic amines) is 1. The Morgan fingerprint density at radius 2 is 2.47 bits per heavy atom. The molecule has 0 N–H and O–H groups in total. The van der Waals surface area contributed by atoms with E-state index in [1.807, 2.05) is 24.6 Å². The van der Waals surface area contributed by atoms with Gasteiger partial charge in [-0.25, -0.2) is 0 Å². The average Bonchev–Trinajstić information content (AvgIpc) is 2.85. The van der Waals surface area contributed by atoms with Crippen LogP contribution >= 0.6 is 11.3 Å². The number of ether oxygens (including phenoxy) is 1. The number of carbonyl (C=O) groups is 1. The molecule has 1 unspecified atom stereocenters. The molecule has 1 atom stereocenters. The van der Waals surface area contributed by atoms with Gasteiger partial charge in [-0.3, -0.25) is 4.79 Å². The third-order valence-corrected chi connectivity index (χ3v) is 4.10. The van der Waals surface area contributed by atoms with E-state index < -0.39 is 5.41 Å². The first-order valence-corrected chi connectivity index (χ1v) is 5.88. The van der Waals surface area contributed by atoms with Crippen LogP contribution in [0.1, 0.15) is 11.3 Å². The van der Waals surface area contributed by atoms with Gasteiger partial charge in [0.1, 0.15) is 5.41 Å². The molecule has 2 heterocycles.